The largest absolute Gasteiger partial charge is 0.484 e. The van der Waals surface area contributed by atoms with Gasteiger partial charge in [-0.2, -0.15) is 0 Å². The molecule has 0 aliphatic rings. The zero-order chi connectivity index (χ0) is 15.1. The summed E-state index contributed by atoms with van der Waals surface area (Å²) in [5, 5.41) is 4.01. The Hall–Kier alpha value is -1.52. The molecule has 0 saturated heterocycles. The van der Waals surface area contributed by atoms with Gasteiger partial charge in [0.2, 0.25) is 0 Å². The molecule has 1 aromatic heterocycles. The van der Waals surface area contributed by atoms with Crippen molar-refractivity contribution in [3.05, 3.63) is 47.0 Å². The number of hydrogen-bond donors (Lipinski definition) is 1. The molecule has 21 heavy (non-hydrogen) atoms. The van der Waals surface area contributed by atoms with E-state index in [1.807, 2.05) is 24.4 Å². The van der Waals surface area contributed by atoms with Crippen molar-refractivity contribution in [3.8, 4) is 5.75 Å². The molecule has 0 saturated carbocycles. The minimum absolute atomic E-state index is 0.422. The fraction of sp³-hybridized carbons (Fsp3) is 0.438. The number of aryl methyl sites for hydroxylation is 1. The van der Waals surface area contributed by atoms with Crippen LogP contribution in [0.15, 0.2) is 30.6 Å². The van der Waals surface area contributed by atoms with Crippen LogP contribution in [0.3, 0.4) is 0 Å². The Bertz CT molecular complexity index is 568. The third-order valence-electron chi connectivity index (χ3n) is 3.28. The van der Waals surface area contributed by atoms with Crippen molar-refractivity contribution in [2.24, 2.45) is 0 Å². The fourth-order valence-electron chi connectivity index (χ4n) is 2.16. The van der Waals surface area contributed by atoms with E-state index in [1.54, 1.807) is 6.20 Å². The predicted octanol–water partition coefficient (Wildman–Crippen LogP) is 3.64. The maximum atomic E-state index is 6.28. The Balaban J connectivity index is 2.07. The molecule has 114 valence electrons. The number of imidazole rings is 1. The summed E-state index contributed by atoms with van der Waals surface area (Å²) >= 11 is 6.28. The lowest BCUT2D eigenvalue weighted by Crippen LogP contribution is -2.15. The number of para-hydroxylation sites is 1. The standard InChI is InChI=1S/C16H22ClN3O/c1-3-8-18-11-13-6-5-7-14(17)16(13)21-12-15-19-9-10-20(15)4-2/h5-7,9-10,18H,3-4,8,11-12H2,1-2H3. The quantitative estimate of drug-likeness (QED) is 0.757. The second-order valence-corrected chi connectivity index (χ2v) is 5.23. The number of aromatic nitrogens is 2. The monoisotopic (exact) mass is 307 g/mol. The number of halogens is 1. The van der Waals surface area contributed by atoms with Gasteiger partial charge in [0.1, 0.15) is 18.2 Å². The lowest BCUT2D eigenvalue weighted by atomic mass is 10.2. The maximum Gasteiger partial charge on any atom is 0.146 e. The second-order valence-electron chi connectivity index (χ2n) is 4.82. The molecule has 1 heterocycles. The molecule has 4 nitrogen and oxygen atoms in total. The molecule has 1 aromatic carbocycles. The van der Waals surface area contributed by atoms with Gasteiger partial charge in [-0.25, -0.2) is 4.98 Å². The van der Waals surface area contributed by atoms with E-state index in [9.17, 15) is 0 Å². The number of nitrogens with zero attached hydrogens (tertiary/aromatic N) is 2. The first kappa shape index (κ1) is 15.9. The Labute approximate surface area is 131 Å². The third-order valence-corrected chi connectivity index (χ3v) is 3.58. The fourth-order valence-corrected chi connectivity index (χ4v) is 2.41. The van der Waals surface area contributed by atoms with Crippen LogP contribution in [-0.2, 0) is 19.7 Å². The third kappa shape index (κ3) is 4.22. The van der Waals surface area contributed by atoms with Gasteiger partial charge in [0.05, 0.1) is 5.02 Å². The van der Waals surface area contributed by atoms with Gasteiger partial charge in [0.15, 0.2) is 0 Å². The van der Waals surface area contributed by atoms with Crippen molar-refractivity contribution in [1.29, 1.82) is 0 Å². The molecule has 0 fully saturated rings. The molecule has 0 bridgehead atoms. The molecular formula is C16H22ClN3O. The highest BCUT2D eigenvalue weighted by Crippen LogP contribution is 2.29. The van der Waals surface area contributed by atoms with Crippen LogP contribution in [-0.4, -0.2) is 16.1 Å². The number of nitrogens with one attached hydrogen (secondary N) is 1. The molecule has 0 spiro atoms. The summed E-state index contributed by atoms with van der Waals surface area (Å²) in [6, 6.07) is 5.84. The number of rotatable bonds is 8. The molecule has 5 heteroatoms. The summed E-state index contributed by atoms with van der Waals surface area (Å²) in [4.78, 5) is 4.32. The smallest absolute Gasteiger partial charge is 0.146 e. The average Bonchev–Trinajstić information content (AvgIpc) is 2.94. The van der Waals surface area contributed by atoms with Crippen LogP contribution in [0.4, 0.5) is 0 Å². The average molecular weight is 308 g/mol. The molecule has 2 aromatic rings. The zero-order valence-corrected chi connectivity index (χ0v) is 13.4. The summed E-state index contributed by atoms with van der Waals surface area (Å²) in [6.07, 6.45) is 4.85. The first-order valence-electron chi connectivity index (χ1n) is 7.37. The zero-order valence-electron chi connectivity index (χ0n) is 12.6. The van der Waals surface area contributed by atoms with Crippen molar-refractivity contribution in [2.45, 2.75) is 40.0 Å². The molecule has 0 aliphatic carbocycles. The van der Waals surface area contributed by atoms with E-state index in [0.29, 0.717) is 11.6 Å². The Morgan fingerprint density at radius 3 is 2.95 bits per heavy atom. The van der Waals surface area contributed by atoms with E-state index >= 15 is 0 Å². The molecule has 2 rings (SSSR count). The van der Waals surface area contributed by atoms with Gasteiger partial charge in [0, 0.05) is 31.0 Å². The Kier molecular flexibility index (Phi) is 6.08. The first-order valence-corrected chi connectivity index (χ1v) is 7.75. The van der Waals surface area contributed by atoms with E-state index < -0.39 is 0 Å². The highest BCUT2D eigenvalue weighted by Gasteiger charge is 2.10. The van der Waals surface area contributed by atoms with Gasteiger partial charge in [-0.05, 0) is 26.0 Å². The lowest BCUT2D eigenvalue weighted by molar-refractivity contribution is 0.286. The minimum atomic E-state index is 0.422. The number of benzene rings is 1. The number of ether oxygens (including phenoxy) is 1. The number of hydrogen-bond acceptors (Lipinski definition) is 3. The molecule has 0 aliphatic heterocycles. The topological polar surface area (TPSA) is 39.1 Å². The van der Waals surface area contributed by atoms with Gasteiger partial charge in [-0.1, -0.05) is 30.7 Å². The van der Waals surface area contributed by atoms with Crippen molar-refractivity contribution in [2.75, 3.05) is 6.54 Å². The summed E-state index contributed by atoms with van der Waals surface area (Å²) in [6.45, 7) is 7.27. The van der Waals surface area contributed by atoms with E-state index in [0.717, 1.165) is 43.2 Å². The molecule has 0 atom stereocenters. The van der Waals surface area contributed by atoms with Crippen molar-refractivity contribution < 1.29 is 4.74 Å². The van der Waals surface area contributed by atoms with Crippen LogP contribution in [0.5, 0.6) is 5.75 Å². The van der Waals surface area contributed by atoms with E-state index in [1.165, 1.54) is 0 Å². The normalized spacial score (nSPS) is 10.8. The first-order chi connectivity index (χ1) is 10.3. The molecule has 0 amide bonds. The summed E-state index contributed by atoms with van der Waals surface area (Å²) in [7, 11) is 0. The second kappa shape index (κ2) is 8.05. The molecule has 0 radical (unpaired) electrons. The van der Waals surface area contributed by atoms with Crippen LogP contribution < -0.4 is 10.1 Å². The predicted molar refractivity (Wildman–Crippen MR) is 85.7 cm³/mol. The van der Waals surface area contributed by atoms with Crippen LogP contribution >= 0.6 is 11.6 Å². The summed E-state index contributed by atoms with van der Waals surface area (Å²) in [5.74, 6) is 1.65. The van der Waals surface area contributed by atoms with Gasteiger partial charge in [-0.15, -0.1) is 0 Å². The van der Waals surface area contributed by atoms with Gasteiger partial charge in [0.25, 0.3) is 0 Å². The Morgan fingerprint density at radius 1 is 1.33 bits per heavy atom. The van der Waals surface area contributed by atoms with Crippen molar-refractivity contribution in [1.82, 2.24) is 14.9 Å². The minimum Gasteiger partial charge on any atom is -0.484 e. The van der Waals surface area contributed by atoms with E-state index in [-0.39, 0.29) is 0 Å². The van der Waals surface area contributed by atoms with Crippen LogP contribution in [0, 0.1) is 0 Å². The van der Waals surface area contributed by atoms with Gasteiger partial charge >= 0.3 is 0 Å². The Morgan fingerprint density at radius 2 is 2.19 bits per heavy atom. The highest BCUT2D eigenvalue weighted by molar-refractivity contribution is 6.32. The van der Waals surface area contributed by atoms with Crippen LogP contribution in [0.1, 0.15) is 31.7 Å². The van der Waals surface area contributed by atoms with E-state index in [4.69, 9.17) is 16.3 Å². The summed E-state index contributed by atoms with van der Waals surface area (Å²) < 4.78 is 7.99. The van der Waals surface area contributed by atoms with Crippen LogP contribution in [0.25, 0.3) is 0 Å². The molecule has 0 unspecified atom stereocenters. The van der Waals surface area contributed by atoms with Crippen molar-refractivity contribution >= 4 is 11.6 Å². The molecule has 1 N–H and O–H groups in total. The summed E-state index contributed by atoms with van der Waals surface area (Å²) in [5.41, 5.74) is 1.07. The SMILES string of the molecule is CCCNCc1cccc(Cl)c1OCc1nccn1CC. The van der Waals surface area contributed by atoms with Gasteiger partial charge in [-0.3, -0.25) is 0 Å². The maximum absolute atomic E-state index is 6.28. The van der Waals surface area contributed by atoms with Crippen LogP contribution in [0.2, 0.25) is 5.02 Å². The molecular weight excluding hydrogens is 286 g/mol. The van der Waals surface area contributed by atoms with Crippen molar-refractivity contribution in [3.63, 3.8) is 0 Å². The van der Waals surface area contributed by atoms with Gasteiger partial charge < -0.3 is 14.6 Å². The lowest BCUT2D eigenvalue weighted by Gasteiger charge is -2.14. The highest BCUT2D eigenvalue weighted by atomic mass is 35.5. The van der Waals surface area contributed by atoms with E-state index in [2.05, 4.69) is 28.7 Å².